The number of hydrogen-bond acceptors (Lipinski definition) is 3. The minimum atomic E-state index is -0.228. The molecule has 1 aromatic carbocycles. The molecule has 2 rings (SSSR count). The Morgan fingerprint density at radius 1 is 1.26 bits per heavy atom. The third kappa shape index (κ3) is 5.57. The number of nitriles is 1. The number of carbonyl (C=O) groups excluding carboxylic acids is 2. The van der Waals surface area contributed by atoms with E-state index in [2.05, 4.69) is 5.32 Å². The monoisotopic (exact) mass is 333 g/mol. The predicted molar refractivity (Wildman–Crippen MR) is 87.7 cm³/mol. The first-order chi connectivity index (χ1) is 11.1. The number of piperidine rings is 1. The van der Waals surface area contributed by atoms with Crippen molar-refractivity contribution in [3.63, 3.8) is 0 Å². The number of carbonyl (C=O) groups is 2. The second-order valence-corrected chi connectivity index (χ2v) is 6.20. The first-order valence-corrected chi connectivity index (χ1v) is 8.12. The van der Waals surface area contributed by atoms with Gasteiger partial charge >= 0.3 is 0 Å². The highest BCUT2D eigenvalue weighted by molar-refractivity contribution is 6.30. The van der Waals surface area contributed by atoms with Crippen molar-refractivity contribution in [2.24, 2.45) is 5.92 Å². The number of halogens is 1. The summed E-state index contributed by atoms with van der Waals surface area (Å²) in [4.78, 5) is 25.5. The van der Waals surface area contributed by atoms with Gasteiger partial charge in [-0.25, -0.2) is 0 Å². The Morgan fingerprint density at radius 3 is 2.52 bits per heavy atom. The quantitative estimate of drug-likeness (QED) is 0.897. The number of likely N-dealkylation sites (tertiary alicyclic amines) is 1. The van der Waals surface area contributed by atoms with E-state index in [1.807, 2.05) is 23.1 Å². The molecule has 122 valence electrons. The zero-order chi connectivity index (χ0) is 16.7. The molecule has 0 atom stereocenters. The molecule has 0 aromatic heterocycles. The van der Waals surface area contributed by atoms with Crippen molar-refractivity contribution < 1.29 is 9.59 Å². The van der Waals surface area contributed by atoms with Crippen molar-refractivity contribution in [3.05, 3.63) is 34.9 Å². The summed E-state index contributed by atoms with van der Waals surface area (Å²) in [6.07, 6.45) is 2.04. The molecular formula is C17H20ClN3O2. The molecule has 0 spiro atoms. The number of nitrogens with one attached hydrogen (secondary N) is 1. The van der Waals surface area contributed by atoms with Crippen molar-refractivity contribution in [3.8, 4) is 6.07 Å². The standard InChI is InChI=1S/C17H20ClN3O2/c18-15-3-1-13(2-4-15)11-17(23)21-9-6-14(7-10-21)12-20-16(22)5-8-19/h1-4,14H,5-7,9-12H2,(H,20,22). The molecule has 1 aromatic rings. The van der Waals surface area contributed by atoms with Crippen molar-refractivity contribution in [1.82, 2.24) is 10.2 Å². The zero-order valence-electron chi connectivity index (χ0n) is 12.9. The molecule has 1 fully saturated rings. The molecule has 1 heterocycles. The summed E-state index contributed by atoms with van der Waals surface area (Å²) < 4.78 is 0. The molecule has 0 aliphatic carbocycles. The Morgan fingerprint density at radius 2 is 1.91 bits per heavy atom. The van der Waals surface area contributed by atoms with Crippen LogP contribution in [0.2, 0.25) is 5.02 Å². The second kappa shape index (κ2) is 8.54. The van der Waals surface area contributed by atoms with Crippen LogP contribution in [0.5, 0.6) is 0 Å². The average molecular weight is 334 g/mol. The largest absolute Gasteiger partial charge is 0.355 e. The SMILES string of the molecule is N#CCC(=O)NCC1CCN(C(=O)Cc2ccc(Cl)cc2)CC1. The summed E-state index contributed by atoms with van der Waals surface area (Å²) in [5.74, 6) is 0.269. The minimum Gasteiger partial charge on any atom is -0.355 e. The van der Waals surface area contributed by atoms with E-state index in [1.165, 1.54) is 0 Å². The van der Waals surface area contributed by atoms with Crippen LogP contribution in [0.25, 0.3) is 0 Å². The summed E-state index contributed by atoms with van der Waals surface area (Å²) in [6, 6.07) is 9.16. The molecule has 0 radical (unpaired) electrons. The molecule has 1 aliphatic heterocycles. The van der Waals surface area contributed by atoms with Crippen LogP contribution in [-0.4, -0.2) is 36.3 Å². The molecular weight excluding hydrogens is 314 g/mol. The van der Waals surface area contributed by atoms with Gasteiger partial charge in [0.2, 0.25) is 11.8 Å². The normalized spacial score (nSPS) is 15.0. The van der Waals surface area contributed by atoms with Gasteiger partial charge in [0.1, 0.15) is 6.42 Å². The molecule has 5 nitrogen and oxygen atoms in total. The second-order valence-electron chi connectivity index (χ2n) is 5.77. The van der Waals surface area contributed by atoms with E-state index < -0.39 is 0 Å². The zero-order valence-corrected chi connectivity index (χ0v) is 13.7. The molecule has 6 heteroatoms. The van der Waals surface area contributed by atoms with Crippen molar-refractivity contribution in [2.75, 3.05) is 19.6 Å². The van der Waals surface area contributed by atoms with Gasteiger partial charge in [-0.2, -0.15) is 5.26 Å². The summed E-state index contributed by atoms with van der Waals surface area (Å²) in [5, 5.41) is 11.9. The predicted octanol–water partition coefficient (Wildman–Crippen LogP) is 2.15. The fourth-order valence-corrected chi connectivity index (χ4v) is 2.79. The summed E-state index contributed by atoms with van der Waals surface area (Å²) in [6.45, 7) is 2.01. The van der Waals surface area contributed by atoms with Gasteiger partial charge in [0.15, 0.2) is 0 Å². The number of hydrogen-bond donors (Lipinski definition) is 1. The highest BCUT2D eigenvalue weighted by Crippen LogP contribution is 2.18. The number of amides is 2. The maximum atomic E-state index is 12.3. The van der Waals surface area contributed by atoms with Gasteiger partial charge in [-0.1, -0.05) is 23.7 Å². The van der Waals surface area contributed by atoms with Crippen molar-refractivity contribution in [2.45, 2.75) is 25.7 Å². The van der Waals surface area contributed by atoms with Crippen LogP contribution in [-0.2, 0) is 16.0 Å². The summed E-state index contributed by atoms with van der Waals surface area (Å²) in [7, 11) is 0. The lowest BCUT2D eigenvalue weighted by Crippen LogP contribution is -2.42. The molecule has 1 aliphatic rings. The molecule has 0 saturated carbocycles. The Labute approximate surface area is 141 Å². The van der Waals surface area contributed by atoms with E-state index in [4.69, 9.17) is 16.9 Å². The van der Waals surface area contributed by atoms with E-state index in [-0.39, 0.29) is 18.2 Å². The maximum Gasteiger partial charge on any atom is 0.234 e. The minimum absolute atomic E-state index is 0.0988. The third-order valence-corrected chi connectivity index (χ3v) is 4.32. The maximum absolute atomic E-state index is 12.3. The van der Waals surface area contributed by atoms with Gasteiger partial charge in [-0.3, -0.25) is 9.59 Å². The fourth-order valence-electron chi connectivity index (χ4n) is 2.67. The van der Waals surface area contributed by atoms with Crippen LogP contribution in [0.1, 0.15) is 24.8 Å². The number of nitrogens with zero attached hydrogens (tertiary/aromatic N) is 2. The van der Waals surface area contributed by atoms with Gasteiger partial charge in [0.25, 0.3) is 0 Å². The molecule has 23 heavy (non-hydrogen) atoms. The van der Waals surface area contributed by atoms with E-state index in [0.29, 0.717) is 37.0 Å². The van der Waals surface area contributed by atoms with E-state index in [9.17, 15) is 9.59 Å². The summed E-state index contributed by atoms with van der Waals surface area (Å²) in [5.41, 5.74) is 0.963. The van der Waals surface area contributed by atoms with Gasteiger partial charge in [0.05, 0.1) is 12.5 Å². The smallest absolute Gasteiger partial charge is 0.234 e. The first kappa shape index (κ1) is 17.3. The molecule has 0 bridgehead atoms. The topological polar surface area (TPSA) is 73.2 Å². The fraction of sp³-hybridized carbons (Fsp3) is 0.471. The van der Waals surface area contributed by atoms with Crippen LogP contribution < -0.4 is 5.32 Å². The lowest BCUT2D eigenvalue weighted by molar-refractivity contribution is -0.132. The van der Waals surface area contributed by atoms with Crippen LogP contribution in [0.15, 0.2) is 24.3 Å². The Kier molecular flexibility index (Phi) is 6.42. The van der Waals surface area contributed by atoms with Crippen molar-refractivity contribution >= 4 is 23.4 Å². The van der Waals surface area contributed by atoms with Crippen LogP contribution in [0, 0.1) is 17.2 Å². The highest BCUT2D eigenvalue weighted by Gasteiger charge is 2.23. The van der Waals surface area contributed by atoms with Gasteiger partial charge in [-0.15, -0.1) is 0 Å². The molecule has 1 N–H and O–H groups in total. The summed E-state index contributed by atoms with van der Waals surface area (Å²) >= 11 is 5.84. The van der Waals surface area contributed by atoms with E-state index in [1.54, 1.807) is 12.1 Å². The number of benzene rings is 1. The lowest BCUT2D eigenvalue weighted by atomic mass is 9.96. The van der Waals surface area contributed by atoms with Crippen LogP contribution in [0.3, 0.4) is 0 Å². The van der Waals surface area contributed by atoms with E-state index >= 15 is 0 Å². The van der Waals surface area contributed by atoms with Crippen molar-refractivity contribution in [1.29, 1.82) is 5.26 Å². The Balaban J connectivity index is 1.73. The Bertz CT molecular complexity index is 587. The van der Waals surface area contributed by atoms with Gasteiger partial charge in [-0.05, 0) is 36.5 Å². The Hall–Kier alpha value is -2.06. The molecule has 1 saturated heterocycles. The number of rotatable bonds is 5. The van der Waals surface area contributed by atoms with Crippen LogP contribution >= 0.6 is 11.6 Å². The molecule has 0 unspecified atom stereocenters. The van der Waals surface area contributed by atoms with E-state index in [0.717, 1.165) is 18.4 Å². The van der Waals surface area contributed by atoms with Crippen LogP contribution in [0.4, 0.5) is 0 Å². The molecule has 2 amide bonds. The third-order valence-electron chi connectivity index (χ3n) is 4.06. The van der Waals surface area contributed by atoms with Gasteiger partial charge < -0.3 is 10.2 Å². The lowest BCUT2D eigenvalue weighted by Gasteiger charge is -2.32. The average Bonchev–Trinajstić information content (AvgIpc) is 2.56. The highest BCUT2D eigenvalue weighted by atomic mass is 35.5. The van der Waals surface area contributed by atoms with Gasteiger partial charge in [0, 0.05) is 24.7 Å². The first-order valence-electron chi connectivity index (χ1n) is 7.74.